The number of nitriles is 1. The van der Waals surface area contributed by atoms with Crippen molar-refractivity contribution in [2.45, 2.75) is 32.2 Å². The molecule has 0 aliphatic carbocycles. The lowest BCUT2D eigenvalue weighted by Crippen LogP contribution is -2.36. The van der Waals surface area contributed by atoms with E-state index in [1.807, 2.05) is 0 Å². The third kappa shape index (κ3) is 3.33. The molecule has 1 rings (SSSR count). The van der Waals surface area contributed by atoms with Crippen LogP contribution in [0.15, 0.2) is 0 Å². The summed E-state index contributed by atoms with van der Waals surface area (Å²) in [4.78, 5) is 2.39. The van der Waals surface area contributed by atoms with Gasteiger partial charge in [0.2, 0.25) is 0 Å². The van der Waals surface area contributed by atoms with E-state index in [4.69, 9.17) is 10.00 Å². The SMILES string of the molecule is CCC(CC#N)N1CCCOCC1. The average molecular weight is 182 g/mol. The molecule has 1 fully saturated rings. The summed E-state index contributed by atoms with van der Waals surface area (Å²) < 4.78 is 5.37. The Morgan fingerprint density at radius 1 is 1.46 bits per heavy atom. The summed E-state index contributed by atoms with van der Waals surface area (Å²) in [6.07, 6.45) is 2.81. The van der Waals surface area contributed by atoms with Gasteiger partial charge in [0.15, 0.2) is 0 Å². The molecule has 1 heterocycles. The number of nitrogens with zero attached hydrogens (tertiary/aromatic N) is 2. The second kappa shape index (κ2) is 5.95. The van der Waals surface area contributed by atoms with Crippen LogP contribution in [0.2, 0.25) is 0 Å². The lowest BCUT2D eigenvalue weighted by atomic mass is 10.1. The van der Waals surface area contributed by atoms with Crippen LogP contribution in [-0.2, 0) is 4.74 Å². The molecule has 0 spiro atoms. The van der Waals surface area contributed by atoms with Crippen LogP contribution in [0.3, 0.4) is 0 Å². The molecule has 74 valence electrons. The van der Waals surface area contributed by atoms with Crippen molar-refractivity contribution in [2.75, 3.05) is 26.3 Å². The maximum atomic E-state index is 8.66. The van der Waals surface area contributed by atoms with Crippen molar-refractivity contribution in [3.63, 3.8) is 0 Å². The first-order valence-electron chi connectivity index (χ1n) is 5.07. The van der Waals surface area contributed by atoms with Crippen molar-refractivity contribution in [1.82, 2.24) is 4.90 Å². The first kappa shape index (κ1) is 10.5. The zero-order chi connectivity index (χ0) is 9.52. The monoisotopic (exact) mass is 182 g/mol. The third-order valence-electron chi connectivity index (χ3n) is 2.57. The van der Waals surface area contributed by atoms with E-state index in [0.29, 0.717) is 12.5 Å². The molecule has 0 aromatic rings. The fourth-order valence-corrected chi connectivity index (χ4v) is 1.77. The summed E-state index contributed by atoms with van der Waals surface area (Å²) >= 11 is 0. The van der Waals surface area contributed by atoms with Crippen molar-refractivity contribution >= 4 is 0 Å². The number of hydrogen-bond donors (Lipinski definition) is 0. The summed E-state index contributed by atoms with van der Waals surface area (Å²) in [6.45, 7) is 5.91. The quantitative estimate of drug-likeness (QED) is 0.662. The zero-order valence-electron chi connectivity index (χ0n) is 8.33. The van der Waals surface area contributed by atoms with Gasteiger partial charge in [-0.15, -0.1) is 0 Å². The van der Waals surface area contributed by atoms with Crippen LogP contribution in [-0.4, -0.2) is 37.2 Å². The Labute approximate surface area is 80.3 Å². The predicted octanol–water partition coefficient (Wildman–Crippen LogP) is 1.40. The van der Waals surface area contributed by atoms with Crippen LogP contribution in [0.25, 0.3) is 0 Å². The van der Waals surface area contributed by atoms with Crippen LogP contribution in [0.1, 0.15) is 26.2 Å². The van der Waals surface area contributed by atoms with Crippen molar-refractivity contribution < 1.29 is 4.74 Å². The Morgan fingerprint density at radius 2 is 2.31 bits per heavy atom. The lowest BCUT2D eigenvalue weighted by Gasteiger charge is -2.27. The summed E-state index contributed by atoms with van der Waals surface area (Å²) in [6, 6.07) is 2.69. The van der Waals surface area contributed by atoms with Gasteiger partial charge in [0, 0.05) is 25.7 Å². The van der Waals surface area contributed by atoms with Gasteiger partial charge in [-0.25, -0.2) is 0 Å². The molecule has 0 N–H and O–H groups in total. The molecule has 3 nitrogen and oxygen atoms in total. The van der Waals surface area contributed by atoms with Crippen LogP contribution in [0, 0.1) is 11.3 Å². The molecule has 1 saturated heterocycles. The topological polar surface area (TPSA) is 36.3 Å². The fourth-order valence-electron chi connectivity index (χ4n) is 1.77. The van der Waals surface area contributed by atoms with Crippen molar-refractivity contribution in [2.24, 2.45) is 0 Å². The number of rotatable bonds is 3. The maximum absolute atomic E-state index is 8.66. The Kier molecular flexibility index (Phi) is 4.81. The summed E-state index contributed by atoms with van der Waals surface area (Å²) in [5.41, 5.74) is 0. The maximum Gasteiger partial charge on any atom is 0.0638 e. The predicted molar refractivity (Wildman–Crippen MR) is 51.3 cm³/mol. The van der Waals surface area contributed by atoms with Gasteiger partial charge in [0.05, 0.1) is 19.1 Å². The lowest BCUT2D eigenvalue weighted by molar-refractivity contribution is 0.131. The van der Waals surface area contributed by atoms with Crippen LogP contribution < -0.4 is 0 Å². The molecule has 0 radical (unpaired) electrons. The van der Waals surface area contributed by atoms with Crippen LogP contribution in [0.4, 0.5) is 0 Å². The minimum atomic E-state index is 0.437. The minimum absolute atomic E-state index is 0.437. The molecule has 0 aromatic carbocycles. The second-order valence-electron chi connectivity index (χ2n) is 3.43. The van der Waals surface area contributed by atoms with E-state index in [1.165, 1.54) is 0 Å². The smallest absolute Gasteiger partial charge is 0.0638 e. The second-order valence-corrected chi connectivity index (χ2v) is 3.43. The highest BCUT2D eigenvalue weighted by atomic mass is 16.5. The molecule has 0 saturated carbocycles. The fraction of sp³-hybridized carbons (Fsp3) is 0.900. The highest BCUT2D eigenvalue weighted by molar-refractivity contribution is 4.82. The molecule has 1 aliphatic heterocycles. The average Bonchev–Trinajstić information content (AvgIpc) is 2.42. The number of hydrogen-bond acceptors (Lipinski definition) is 3. The first-order chi connectivity index (χ1) is 6.38. The van der Waals surface area contributed by atoms with Gasteiger partial charge in [-0.1, -0.05) is 6.92 Å². The van der Waals surface area contributed by atoms with E-state index in [-0.39, 0.29) is 0 Å². The Hall–Kier alpha value is -0.590. The first-order valence-corrected chi connectivity index (χ1v) is 5.07. The van der Waals surface area contributed by atoms with Gasteiger partial charge in [-0.05, 0) is 12.8 Å². The Morgan fingerprint density at radius 3 is 3.00 bits per heavy atom. The van der Waals surface area contributed by atoms with E-state index in [9.17, 15) is 0 Å². The zero-order valence-corrected chi connectivity index (χ0v) is 8.33. The molecule has 0 amide bonds. The van der Waals surface area contributed by atoms with Crippen molar-refractivity contribution in [3.8, 4) is 6.07 Å². The molecule has 13 heavy (non-hydrogen) atoms. The molecular formula is C10H18N2O. The molecule has 3 heteroatoms. The van der Waals surface area contributed by atoms with Crippen molar-refractivity contribution in [3.05, 3.63) is 0 Å². The van der Waals surface area contributed by atoms with Crippen molar-refractivity contribution in [1.29, 1.82) is 5.26 Å². The molecule has 0 bridgehead atoms. The van der Waals surface area contributed by atoms with Gasteiger partial charge in [-0.2, -0.15) is 5.26 Å². The van der Waals surface area contributed by atoms with E-state index in [0.717, 1.165) is 39.1 Å². The van der Waals surface area contributed by atoms with Gasteiger partial charge < -0.3 is 4.74 Å². The van der Waals surface area contributed by atoms with E-state index in [2.05, 4.69) is 17.9 Å². The highest BCUT2D eigenvalue weighted by Gasteiger charge is 2.17. The van der Waals surface area contributed by atoms with E-state index < -0.39 is 0 Å². The molecule has 1 aliphatic rings. The summed E-state index contributed by atoms with van der Waals surface area (Å²) in [5, 5.41) is 8.66. The third-order valence-corrected chi connectivity index (χ3v) is 2.57. The highest BCUT2D eigenvalue weighted by Crippen LogP contribution is 2.10. The minimum Gasteiger partial charge on any atom is -0.380 e. The van der Waals surface area contributed by atoms with Gasteiger partial charge in [-0.3, -0.25) is 4.90 Å². The van der Waals surface area contributed by atoms with Gasteiger partial charge in [0.25, 0.3) is 0 Å². The number of ether oxygens (including phenoxy) is 1. The summed E-state index contributed by atoms with van der Waals surface area (Å²) in [5.74, 6) is 0. The molecule has 1 unspecified atom stereocenters. The van der Waals surface area contributed by atoms with E-state index in [1.54, 1.807) is 0 Å². The standard InChI is InChI=1S/C10H18N2O/c1-2-10(4-5-11)12-6-3-8-13-9-7-12/h10H,2-4,6-9H2,1H3. The van der Waals surface area contributed by atoms with Crippen LogP contribution in [0.5, 0.6) is 0 Å². The van der Waals surface area contributed by atoms with E-state index >= 15 is 0 Å². The molecule has 1 atom stereocenters. The Balaban J connectivity index is 2.41. The molecule has 0 aromatic heterocycles. The van der Waals surface area contributed by atoms with Gasteiger partial charge >= 0.3 is 0 Å². The normalized spacial score (nSPS) is 21.8. The van der Waals surface area contributed by atoms with Gasteiger partial charge in [0.1, 0.15) is 0 Å². The van der Waals surface area contributed by atoms with Crippen LogP contribution >= 0.6 is 0 Å². The largest absolute Gasteiger partial charge is 0.380 e. The Bertz CT molecular complexity index is 168. The summed E-state index contributed by atoms with van der Waals surface area (Å²) in [7, 11) is 0. The molecular weight excluding hydrogens is 164 g/mol.